The Hall–Kier alpha value is -3.00. The summed E-state index contributed by atoms with van der Waals surface area (Å²) in [7, 11) is 0. The molecule has 2 aromatic carbocycles. The van der Waals surface area contributed by atoms with Gasteiger partial charge in [0.05, 0.1) is 5.02 Å². The van der Waals surface area contributed by atoms with E-state index >= 15 is 0 Å². The SMILES string of the molecule is Cc1cccc(NC(=O)/C(C#N)=C/c2ccc(-c3ccc(Cl)cc3Cl)o2)c1. The Morgan fingerprint density at radius 3 is 2.67 bits per heavy atom. The van der Waals surface area contributed by atoms with Crippen molar-refractivity contribution in [3.05, 3.63) is 81.5 Å². The van der Waals surface area contributed by atoms with Gasteiger partial charge in [-0.3, -0.25) is 4.79 Å². The fraction of sp³-hybridized carbons (Fsp3) is 0.0476. The van der Waals surface area contributed by atoms with Crippen molar-refractivity contribution in [2.75, 3.05) is 5.32 Å². The van der Waals surface area contributed by atoms with Crippen LogP contribution >= 0.6 is 23.2 Å². The molecule has 0 fully saturated rings. The second-order valence-electron chi connectivity index (χ2n) is 5.82. The summed E-state index contributed by atoms with van der Waals surface area (Å²) in [5.41, 5.74) is 2.23. The highest BCUT2D eigenvalue weighted by Crippen LogP contribution is 2.32. The molecule has 1 amide bonds. The average molecular weight is 397 g/mol. The van der Waals surface area contributed by atoms with Crippen LogP contribution in [0.1, 0.15) is 11.3 Å². The minimum atomic E-state index is -0.509. The summed E-state index contributed by atoms with van der Waals surface area (Å²) in [6, 6.07) is 17.7. The van der Waals surface area contributed by atoms with E-state index in [1.807, 2.05) is 31.2 Å². The number of anilines is 1. The molecule has 27 heavy (non-hydrogen) atoms. The van der Waals surface area contributed by atoms with Crippen molar-refractivity contribution in [3.63, 3.8) is 0 Å². The van der Waals surface area contributed by atoms with Gasteiger partial charge in [-0.1, -0.05) is 35.3 Å². The van der Waals surface area contributed by atoms with Gasteiger partial charge in [-0.05, 0) is 55.0 Å². The van der Waals surface area contributed by atoms with E-state index in [0.717, 1.165) is 5.56 Å². The zero-order valence-electron chi connectivity index (χ0n) is 14.3. The van der Waals surface area contributed by atoms with Crippen molar-refractivity contribution >= 4 is 40.9 Å². The predicted octanol–water partition coefficient (Wildman–Crippen LogP) is 6.11. The topological polar surface area (TPSA) is 66.0 Å². The molecular formula is C21H14Cl2N2O2. The minimum Gasteiger partial charge on any atom is -0.457 e. The molecule has 0 unspecified atom stereocenters. The third kappa shape index (κ3) is 4.59. The van der Waals surface area contributed by atoms with E-state index in [-0.39, 0.29) is 5.57 Å². The number of carbonyl (C=O) groups excluding carboxylic acids is 1. The summed E-state index contributed by atoms with van der Waals surface area (Å²) in [5.74, 6) is 0.372. The quantitative estimate of drug-likeness (QED) is 0.427. The van der Waals surface area contributed by atoms with Crippen LogP contribution in [0.2, 0.25) is 10.0 Å². The molecule has 0 bridgehead atoms. The first-order valence-electron chi connectivity index (χ1n) is 8.01. The van der Waals surface area contributed by atoms with Crippen LogP contribution in [-0.4, -0.2) is 5.91 Å². The summed E-state index contributed by atoms with van der Waals surface area (Å²) in [6.45, 7) is 1.92. The highest BCUT2D eigenvalue weighted by atomic mass is 35.5. The van der Waals surface area contributed by atoms with Crippen molar-refractivity contribution in [1.29, 1.82) is 5.26 Å². The second-order valence-corrected chi connectivity index (χ2v) is 6.66. The number of hydrogen-bond donors (Lipinski definition) is 1. The summed E-state index contributed by atoms with van der Waals surface area (Å²) in [5, 5.41) is 13.0. The highest BCUT2D eigenvalue weighted by molar-refractivity contribution is 6.36. The zero-order chi connectivity index (χ0) is 19.4. The first-order valence-corrected chi connectivity index (χ1v) is 8.77. The number of carbonyl (C=O) groups is 1. The number of benzene rings is 2. The van der Waals surface area contributed by atoms with Gasteiger partial charge in [0.2, 0.25) is 0 Å². The molecule has 1 N–H and O–H groups in total. The lowest BCUT2D eigenvalue weighted by Gasteiger charge is -2.04. The van der Waals surface area contributed by atoms with Crippen molar-refractivity contribution < 1.29 is 9.21 Å². The van der Waals surface area contributed by atoms with Crippen LogP contribution in [0.4, 0.5) is 5.69 Å². The maximum Gasteiger partial charge on any atom is 0.266 e. The molecule has 0 saturated carbocycles. The summed E-state index contributed by atoms with van der Waals surface area (Å²) < 4.78 is 5.71. The number of hydrogen-bond acceptors (Lipinski definition) is 3. The monoisotopic (exact) mass is 396 g/mol. The van der Waals surface area contributed by atoms with Crippen molar-refractivity contribution in [1.82, 2.24) is 0 Å². The lowest BCUT2D eigenvalue weighted by atomic mass is 10.2. The van der Waals surface area contributed by atoms with E-state index in [4.69, 9.17) is 27.6 Å². The summed E-state index contributed by atoms with van der Waals surface area (Å²) >= 11 is 12.1. The molecule has 6 heteroatoms. The van der Waals surface area contributed by atoms with Gasteiger partial charge < -0.3 is 9.73 Å². The summed E-state index contributed by atoms with van der Waals surface area (Å²) in [6.07, 6.45) is 1.39. The smallest absolute Gasteiger partial charge is 0.266 e. The molecule has 0 aliphatic heterocycles. The number of nitrogens with one attached hydrogen (secondary N) is 1. The molecule has 1 aromatic heterocycles. The van der Waals surface area contributed by atoms with E-state index in [1.54, 1.807) is 36.4 Å². The average Bonchev–Trinajstić information content (AvgIpc) is 3.08. The van der Waals surface area contributed by atoms with E-state index in [2.05, 4.69) is 5.32 Å². The molecule has 0 saturated heterocycles. The minimum absolute atomic E-state index is 0.0698. The molecule has 0 aliphatic carbocycles. The third-order valence-electron chi connectivity index (χ3n) is 3.75. The fourth-order valence-electron chi connectivity index (χ4n) is 2.48. The van der Waals surface area contributed by atoms with Crippen molar-refractivity contribution in [2.45, 2.75) is 6.92 Å². The molecule has 3 rings (SSSR count). The number of nitrogens with zero attached hydrogens (tertiary/aromatic N) is 1. The van der Waals surface area contributed by atoms with Crippen molar-refractivity contribution in [2.24, 2.45) is 0 Å². The predicted molar refractivity (Wildman–Crippen MR) is 108 cm³/mol. The van der Waals surface area contributed by atoms with Gasteiger partial charge in [-0.25, -0.2) is 0 Å². The van der Waals surface area contributed by atoms with Crippen LogP contribution < -0.4 is 5.32 Å². The number of furan rings is 1. The number of nitriles is 1. The van der Waals surface area contributed by atoms with E-state index in [0.29, 0.717) is 32.8 Å². The molecule has 0 aliphatic rings. The van der Waals surface area contributed by atoms with Gasteiger partial charge in [-0.15, -0.1) is 0 Å². The van der Waals surface area contributed by atoms with Crippen molar-refractivity contribution in [3.8, 4) is 17.4 Å². The van der Waals surface area contributed by atoms with Crippen LogP contribution in [0, 0.1) is 18.3 Å². The standard InChI is InChI=1S/C21H14Cl2N2O2/c1-13-3-2-4-16(9-13)25-21(26)14(12-24)10-17-6-8-20(27-17)18-7-5-15(22)11-19(18)23/h2-11H,1H3,(H,25,26)/b14-10+. The molecule has 4 nitrogen and oxygen atoms in total. The van der Waals surface area contributed by atoms with Gasteiger partial charge >= 0.3 is 0 Å². The van der Waals surface area contributed by atoms with Crippen LogP contribution in [0.3, 0.4) is 0 Å². The number of halogens is 2. The van der Waals surface area contributed by atoms with E-state index in [9.17, 15) is 10.1 Å². The van der Waals surface area contributed by atoms with Gasteiger partial charge in [0, 0.05) is 22.3 Å². The Bertz CT molecular complexity index is 1080. The zero-order valence-corrected chi connectivity index (χ0v) is 15.8. The Morgan fingerprint density at radius 2 is 1.96 bits per heavy atom. The number of amides is 1. The van der Waals surface area contributed by atoms with Gasteiger partial charge in [-0.2, -0.15) is 5.26 Å². The lowest BCUT2D eigenvalue weighted by molar-refractivity contribution is -0.112. The molecule has 3 aromatic rings. The highest BCUT2D eigenvalue weighted by Gasteiger charge is 2.13. The molecule has 0 spiro atoms. The van der Waals surface area contributed by atoms with E-state index in [1.165, 1.54) is 6.08 Å². The first kappa shape index (κ1) is 18.8. The van der Waals surface area contributed by atoms with Crippen LogP contribution in [0.15, 0.2) is 64.6 Å². The van der Waals surface area contributed by atoms with Crippen LogP contribution in [-0.2, 0) is 4.79 Å². The molecule has 1 heterocycles. The van der Waals surface area contributed by atoms with Crippen LogP contribution in [0.25, 0.3) is 17.4 Å². The summed E-state index contributed by atoms with van der Waals surface area (Å²) in [4.78, 5) is 12.3. The third-order valence-corrected chi connectivity index (χ3v) is 4.30. The Balaban J connectivity index is 1.83. The molecular weight excluding hydrogens is 383 g/mol. The molecule has 134 valence electrons. The van der Waals surface area contributed by atoms with Gasteiger partial charge in [0.25, 0.3) is 5.91 Å². The van der Waals surface area contributed by atoms with E-state index < -0.39 is 5.91 Å². The second kappa shape index (κ2) is 8.13. The Kier molecular flexibility index (Phi) is 5.66. The maximum absolute atomic E-state index is 12.3. The number of rotatable bonds is 4. The maximum atomic E-state index is 12.3. The molecule has 0 radical (unpaired) electrons. The van der Waals surface area contributed by atoms with Gasteiger partial charge in [0.15, 0.2) is 0 Å². The lowest BCUT2D eigenvalue weighted by Crippen LogP contribution is -2.13. The normalized spacial score (nSPS) is 11.1. The first-order chi connectivity index (χ1) is 13.0. The van der Waals surface area contributed by atoms with Crippen LogP contribution in [0.5, 0.6) is 0 Å². The van der Waals surface area contributed by atoms with Gasteiger partial charge in [0.1, 0.15) is 23.2 Å². The fourth-order valence-corrected chi connectivity index (χ4v) is 2.98. The molecule has 0 atom stereocenters. The number of aryl methyl sites for hydroxylation is 1. The Labute approximate surface area is 166 Å². The largest absolute Gasteiger partial charge is 0.457 e. The Morgan fingerprint density at radius 1 is 1.15 bits per heavy atom.